The molecule has 1 aromatic carbocycles. The SMILES string of the molecule is C=C(c1ccc2c(c1)/C(=N\OC)C(C)(C)c1c(N)ncnc1-2)[C@H]1CC[C@H](NC(=O)OC(C)(C)C)CC1. The second-order valence-corrected chi connectivity index (χ2v) is 11.2. The lowest BCUT2D eigenvalue weighted by atomic mass is 9.69. The zero-order valence-electron chi connectivity index (χ0n) is 22.1. The molecule has 1 heterocycles. The predicted octanol–water partition coefficient (Wildman–Crippen LogP) is 5.46. The first-order valence-corrected chi connectivity index (χ1v) is 12.5. The lowest BCUT2D eigenvalue weighted by Crippen LogP contribution is -2.41. The van der Waals surface area contributed by atoms with Crippen LogP contribution in [-0.2, 0) is 15.0 Å². The van der Waals surface area contributed by atoms with E-state index in [-0.39, 0.29) is 12.1 Å². The third-order valence-electron chi connectivity index (χ3n) is 7.12. The number of allylic oxidation sites excluding steroid dienone is 1. The van der Waals surface area contributed by atoms with Crippen LogP contribution >= 0.6 is 0 Å². The highest BCUT2D eigenvalue weighted by Crippen LogP contribution is 2.45. The van der Waals surface area contributed by atoms with Crippen LogP contribution in [0.4, 0.5) is 10.6 Å². The fourth-order valence-corrected chi connectivity index (χ4v) is 5.37. The van der Waals surface area contributed by atoms with Crippen molar-refractivity contribution in [3.05, 3.63) is 47.8 Å². The second kappa shape index (κ2) is 9.56. The molecule has 3 N–H and O–H groups in total. The van der Waals surface area contributed by atoms with Gasteiger partial charge in [0, 0.05) is 28.1 Å². The van der Waals surface area contributed by atoms with Crippen molar-refractivity contribution in [1.29, 1.82) is 0 Å². The third-order valence-corrected chi connectivity index (χ3v) is 7.12. The maximum absolute atomic E-state index is 12.2. The number of benzene rings is 1. The van der Waals surface area contributed by atoms with Crippen LogP contribution in [0.5, 0.6) is 0 Å². The van der Waals surface area contributed by atoms with E-state index in [0.717, 1.165) is 64.9 Å². The highest BCUT2D eigenvalue weighted by Gasteiger charge is 2.41. The summed E-state index contributed by atoms with van der Waals surface area (Å²) in [4.78, 5) is 26.2. The highest BCUT2D eigenvalue weighted by atomic mass is 16.6. The molecule has 1 amide bonds. The van der Waals surface area contributed by atoms with E-state index in [2.05, 4.69) is 59.1 Å². The Bertz CT molecular complexity index is 1200. The zero-order chi connectivity index (χ0) is 26.3. The van der Waals surface area contributed by atoms with Crippen molar-refractivity contribution >= 4 is 23.2 Å². The van der Waals surface area contributed by atoms with E-state index >= 15 is 0 Å². The summed E-state index contributed by atoms with van der Waals surface area (Å²) in [5.41, 5.74) is 11.8. The Kier molecular flexibility index (Phi) is 6.82. The summed E-state index contributed by atoms with van der Waals surface area (Å²) in [5, 5.41) is 7.43. The first-order chi connectivity index (χ1) is 16.9. The smallest absolute Gasteiger partial charge is 0.407 e. The fourth-order valence-electron chi connectivity index (χ4n) is 5.37. The molecule has 192 valence electrons. The fraction of sp³-hybridized carbons (Fsp3) is 0.500. The number of hydrogen-bond acceptors (Lipinski definition) is 7. The Balaban J connectivity index is 1.56. The van der Waals surface area contributed by atoms with E-state index in [1.54, 1.807) is 7.11 Å². The number of nitrogens with one attached hydrogen (secondary N) is 1. The Morgan fingerprint density at radius 1 is 1.17 bits per heavy atom. The molecule has 36 heavy (non-hydrogen) atoms. The molecule has 2 aliphatic carbocycles. The number of rotatable bonds is 4. The number of nitrogens with two attached hydrogens (primary N) is 1. The monoisotopic (exact) mass is 491 g/mol. The average Bonchev–Trinajstić information content (AvgIpc) is 2.80. The van der Waals surface area contributed by atoms with Crippen LogP contribution in [-0.4, -0.2) is 40.5 Å². The minimum atomic E-state index is -0.533. The van der Waals surface area contributed by atoms with Crippen LogP contribution in [0.25, 0.3) is 16.8 Å². The molecule has 1 fully saturated rings. The van der Waals surface area contributed by atoms with Gasteiger partial charge >= 0.3 is 6.09 Å². The minimum Gasteiger partial charge on any atom is -0.444 e. The number of hydrogen-bond donors (Lipinski definition) is 2. The number of aromatic nitrogens is 2. The summed E-state index contributed by atoms with van der Waals surface area (Å²) in [6.45, 7) is 14.2. The molecule has 2 aromatic rings. The molecule has 0 bridgehead atoms. The molecular formula is C28H37N5O3. The number of amides is 1. The number of nitrogens with zero attached hydrogens (tertiary/aromatic N) is 3. The molecule has 4 rings (SSSR count). The predicted molar refractivity (Wildman–Crippen MR) is 143 cm³/mol. The molecule has 1 saturated carbocycles. The molecule has 0 unspecified atom stereocenters. The van der Waals surface area contributed by atoms with E-state index in [4.69, 9.17) is 15.3 Å². The second-order valence-electron chi connectivity index (χ2n) is 11.2. The van der Waals surface area contributed by atoms with Crippen molar-refractivity contribution in [2.24, 2.45) is 11.1 Å². The van der Waals surface area contributed by atoms with Crippen molar-refractivity contribution in [2.45, 2.75) is 77.4 Å². The quantitative estimate of drug-likeness (QED) is 0.549. The lowest BCUT2D eigenvalue weighted by molar-refractivity contribution is 0.0490. The van der Waals surface area contributed by atoms with E-state index in [9.17, 15) is 4.79 Å². The first-order valence-electron chi connectivity index (χ1n) is 12.5. The van der Waals surface area contributed by atoms with E-state index in [1.165, 1.54) is 6.33 Å². The number of ether oxygens (including phenoxy) is 1. The van der Waals surface area contributed by atoms with Gasteiger partial charge in [-0.15, -0.1) is 0 Å². The summed E-state index contributed by atoms with van der Waals surface area (Å²) in [7, 11) is 1.55. The number of carbonyl (C=O) groups excluding carboxylic acids is 1. The van der Waals surface area contributed by atoms with Crippen LogP contribution in [0.15, 0.2) is 36.3 Å². The van der Waals surface area contributed by atoms with Crippen molar-refractivity contribution in [3.63, 3.8) is 0 Å². The molecule has 8 nitrogen and oxygen atoms in total. The van der Waals surface area contributed by atoms with Crippen molar-refractivity contribution in [1.82, 2.24) is 15.3 Å². The van der Waals surface area contributed by atoms with Gasteiger partial charge in [0.15, 0.2) is 0 Å². The van der Waals surface area contributed by atoms with E-state index < -0.39 is 11.0 Å². The van der Waals surface area contributed by atoms with Gasteiger partial charge in [-0.3, -0.25) is 0 Å². The molecular weight excluding hydrogens is 454 g/mol. The summed E-state index contributed by atoms with van der Waals surface area (Å²) in [5.74, 6) is 0.786. The van der Waals surface area contributed by atoms with Crippen molar-refractivity contribution in [3.8, 4) is 11.3 Å². The van der Waals surface area contributed by atoms with Gasteiger partial charge in [0.1, 0.15) is 24.9 Å². The molecule has 2 aliphatic rings. The maximum atomic E-state index is 12.2. The van der Waals surface area contributed by atoms with Crippen LogP contribution in [0.1, 0.15) is 77.0 Å². The van der Waals surface area contributed by atoms with Crippen molar-refractivity contribution < 1.29 is 14.4 Å². The van der Waals surface area contributed by atoms with Gasteiger partial charge in [-0.1, -0.05) is 23.9 Å². The van der Waals surface area contributed by atoms with Crippen LogP contribution in [0.2, 0.25) is 0 Å². The molecule has 0 aliphatic heterocycles. The van der Waals surface area contributed by atoms with Gasteiger partial charge < -0.3 is 20.6 Å². The maximum Gasteiger partial charge on any atom is 0.407 e. The molecule has 1 aromatic heterocycles. The van der Waals surface area contributed by atoms with E-state index in [0.29, 0.717) is 11.7 Å². The van der Waals surface area contributed by atoms with Crippen molar-refractivity contribution in [2.75, 3.05) is 12.8 Å². The number of anilines is 1. The third kappa shape index (κ3) is 4.94. The van der Waals surface area contributed by atoms with Gasteiger partial charge in [-0.25, -0.2) is 14.8 Å². The highest BCUT2D eigenvalue weighted by molar-refractivity contribution is 6.15. The number of oxime groups is 1. The number of nitrogen functional groups attached to an aromatic ring is 1. The summed E-state index contributed by atoms with van der Waals surface area (Å²) in [6, 6.07) is 6.42. The largest absolute Gasteiger partial charge is 0.444 e. The number of carbonyl (C=O) groups is 1. The number of alkyl carbamates (subject to hydrolysis) is 1. The lowest BCUT2D eigenvalue weighted by Gasteiger charge is -2.35. The Hall–Kier alpha value is -3.42. The topological polar surface area (TPSA) is 112 Å². The van der Waals surface area contributed by atoms with Crippen LogP contribution in [0, 0.1) is 5.92 Å². The van der Waals surface area contributed by atoms with Crippen LogP contribution < -0.4 is 11.1 Å². The summed E-state index contributed by atoms with van der Waals surface area (Å²) in [6.07, 6.45) is 4.84. The Labute approximate surface area is 213 Å². The molecule has 0 atom stereocenters. The molecule has 8 heteroatoms. The van der Waals surface area contributed by atoms with Gasteiger partial charge in [-0.2, -0.15) is 0 Å². The normalized spacial score (nSPS) is 21.8. The van der Waals surface area contributed by atoms with Gasteiger partial charge in [0.2, 0.25) is 0 Å². The Morgan fingerprint density at radius 3 is 2.50 bits per heavy atom. The molecule has 0 radical (unpaired) electrons. The minimum absolute atomic E-state index is 0.121. The average molecular weight is 492 g/mol. The van der Waals surface area contributed by atoms with Gasteiger partial charge in [-0.05, 0) is 83.4 Å². The van der Waals surface area contributed by atoms with Crippen LogP contribution in [0.3, 0.4) is 0 Å². The summed E-state index contributed by atoms with van der Waals surface area (Å²) < 4.78 is 5.41. The van der Waals surface area contributed by atoms with Gasteiger partial charge in [0.05, 0.1) is 11.4 Å². The molecule has 0 saturated heterocycles. The zero-order valence-corrected chi connectivity index (χ0v) is 22.1. The molecule has 0 spiro atoms. The van der Waals surface area contributed by atoms with Gasteiger partial charge in [0.25, 0.3) is 0 Å². The standard InChI is InChI=1S/C28H37N5O3/c1-16(17-8-11-19(12-9-17)32-26(34)36-27(2,3)4)18-10-13-20-21(14-18)24(33-35-7)28(5,6)22-23(20)30-15-31-25(22)29/h10,13-15,17,19H,1,8-9,11-12H2,2-7H3,(H,32,34)(H2,29,30,31)/b33-24+/t17-,19-. The van der Waals surface area contributed by atoms with E-state index in [1.807, 2.05) is 20.8 Å². The number of fused-ring (bicyclic) bond motifs is 3. The Morgan fingerprint density at radius 2 is 1.86 bits per heavy atom. The first kappa shape index (κ1) is 25.7. The summed E-state index contributed by atoms with van der Waals surface area (Å²) >= 11 is 0.